The van der Waals surface area contributed by atoms with Gasteiger partial charge in [-0.3, -0.25) is 0 Å². The maximum Gasteiger partial charge on any atom is 0.154 e. The number of hydrogen-bond donors (Lipinski definition) is 1. The van der Waals surface area contributed by atoms with Gasteiger partial charge in [0.1, 0.15) is 6.07 Å². The Balaban J connectivity index is 3.40. The zero-order valence-electron chi connectivity index (χ0n) is 5.93. The van der Waals surface area contributed by atoms with Crippen LogP contribution in [0.15, 0.2) is 17.0 Å². The molecular formula is C8H6FNS. The second kappa shape index (κ2) is 2.93. The number of hydrogen-bond acceptors (Lipinski definition) is 2. The smallest absolute Gasteiger partial charge is 0.154 e. The van der Waals surface area contributed by atoms with Gasteiger partial charge in [-0.1, -0.05) is 6.07 Å². The molecule has 56 valence electrons. The Labute approximate surface area is 69.9 Å². The van der Waals surface area contributed by atoms with Gasteiger partial charge in [-0.15, -0.1) is 12.6 Å². The average molecular weight is 167 g/mol. The summed E-state index contributed by atoms with van der Waals surface area (Å²) in [4.78, 5) is 0.254. The summed E-state index contributed by atoms with van der Waals surface area (Å²) >= 11 is 3.91. The van der Waals surface area contributed by atoms with Gasteiger partial charge in [0.2, 0.25) is 0 Å². The maximum atomic E-state index is 13.0. The quantitative estimate of drug-likeness (QED) is 0.589. The van der Waals surface area contributed by atoms with Crippen molar-refractivity contribution in [1.82, 2.24) is 0 Å². The molecule has 0 aliphatic carbocycles. The monoisotopic (exact) mass is 167 g/mol. The number of halogens is 1. The van der Waals surface area contributed by atoms with Crippen LogP contribution in [-0.2, 0) is 0 Å². The minimum absolute atomic E-state index is 0.0422. The zero-order valence-corrected chi connectivity index (χ0v) is 6.82. The van der Waals surface area contributed by atoms with Crippen molar-refractivity contribution < 1.29 is 4.39 Å². The normalized spacial score (nSPS) is 9.27. The van der Waals surface area contributed by atoms with E-state index in [1.807, 2.05) is 0 Å². The van der Waals surface area contributed by atoms with E-state index < -0.39 is 5.82 Å². The fourth-order valence-corrected chi connectivity index (χ4v) is 0.942. The predicted molar refractivity (Wildman–Crippen MR) is 43.1 cm³/mol. The Bertz CT molecular complexity index is 328. The van der Waals surface area contributed by atoms with E-state index in [9.17, 15) is 4.39 Å². The lowest BCUT2D eigenvalue weighted by Gasteiger charge is -2.00. The van der Waals surface area contributed by atoms with Crippen molar-refractivity contribution in [2.75, 3.05) is 0 Å². The van der Waals surface area contributed by atoms with E-state index >= 15 is 0 Å². The first-order valence-corrected chi connectivity index (χ1v) is 3.49. The van der Waals surface area contributed by atoms with E-state index in [2.05, 4.69) is 12.6 Å². The summed E-state index contributed by atoms with van der Waals surface area (Å²) in [6.45, 7) is 1.74. The second-order valence-electron chi connectivity index (χ2n) is 2.20. The molecule has 0 aromatic heterocycles. The first-order chi connectivity index (χ1) is 5.16. The molecule has 0 aliphatic rings. The minimum Gasteiger partial charge on any atom is -0.204 e. The molecule has 0 radical (unpaired) electrons. The van der Waals surface area contributed by atoms with Crippen molar-refractivity contribution in [3.8, 4) is 6.07 Å². The van der Waals surface area contributed by atoms with Gasteiger partial charge < -0.3 is 0 Å². The summed E-state index contributed by atoms with van der Waals surface area (Å²) in [5, 5.41) is 8.41. The molecule has 0 saturated heterocycles. The Hall–Kier alpha value is -1.01. The molecule has 0 spiro atoms. The van der Waals surface area contributed by atoms with Crippen molar-refractivity contribution in [3.05, 3.63) is 29.1 Å². The van der Waals surface area contributed by atoms with Crippen LogP contribution in [0.25, 0.3) is 0 Å². The lowest BCUT2D eigenvalue weighted by atomic mass is 10.1. The fraction of sp³-hybridized carbons (Fsp3) is 0.125. The number of aryl methyl sites for hydroxylation is 1. The molecule has 0 N–H and O–H groups in total. The van der Waals surface area contributed by atoms with Crippen LogP contribution in [0, 0.1) is 24.1 Å². The molecule has 0 unspecified atom stereocenters. The maximum absolute atomic E-state index is 13.0. The Morgan fingerprint density at radius 1 is 1.55 bits per heavy atom. The zero-order chi connectivity index (χ0) is 8.43. The minimum atomic E-state index is -0.532. The summed E-state index contributed by atoms with van der Waals surface area (Å²) in [5.74, 6) is -0.532. The van der Waals surface area contributed by atoms with Crippen LogP contribution in [0.5, 0.6) is 0 Å². The molecule has 1 aromatic carbocycles. The van der Waals surface area contributed by atoms with Crippen LogP contribution in [-0.4, -0.2) is 0 Å². The van der Waals surface area contributed by atoms with Gasteiger partial charge in [-0.25, -0.2) is 4.39 Å². The van der Waals surface area contributed by atoms with Gasteiger partial charge in [0, 0.05) is 4.90 Å². The van der Waals surface area contributed by atoms with E-state index in [1.165, 1.54) is 6.07 Å². The second-order valence-corrected chi connectivity index (χ2v) is 2.65. The van der Waals surface area contributed by atoms with Crippen LogP contribution in [0.4, 0.5) is 4.39 Å². The number of rotatable bonds is 0. The van der Waals surface area contributed by atoms with Crippen molar-refractivity contribution in [1.29, 1.82) is 5.26 Å². The molecule has 0 amide bonds. The van der Waals surface area contributed by atoms with E-state index in [1.54, 1.807) is 19.1 Å². The number of nitrogens with zero attached hydrogens (tertiary/aromatic N) is 1. The molecule has 11 heavy (non-hydrogen) atoms. The van der Waals surface area contributed by atoms with E-state index in [0.717, 1.165) is 5.56 Å². The van der Waals surface area contributed by atoms with Crippen molar-refractivity contribution in [3.63, 3.8) is 0 Å². The average Bonchev–Trinajstić information content (AvgIpc) is 2.01. The lowest BCUT2D eigenvalue weighted by molar-refractivity contribution is 0.596. The highest BCUT2D eigenvalue weighted by Gasteiger charge is 2.06. The number of nitriles is 1. The van der Waals surface area contributed by atoms with Gasteiger partial charge >= 0.3 is 0 Å². The van der Waals surface area contributed by atoms with Crippen LogP contribution in [0.2, 0.25) is 0 Å². The summed E-state index contributed by atoms with van der Waals surface area (Å²) in [7, 11) is 0. The van der Waals surface area contributed by atoms with Gasteiger partial charge in [-0.05, 0) is 18.6 Å². The van der Waals surface area contributed by atoms with Gasteiger partial charge in [-0.2, -0.15) is 5.26 Å². The molecular weight excluding hydrogens is 161 g/mol. The predicted octanol–water partition coefficient (Wildman–Crippen LogP) is 2.29. The van der Waals surface area contributed by atoms with Crippen LogP contribution < -0.4 is 0 Å². The molecule has 1 aromatic rings. The molecule has 0 atom stereocenters. The SMILES string of the molecule is Cc1ccc(C#N)c(F)c1S. The third-order valence-electron chi connectivity index (χ3n) is 1.44. The van der Waals surface area contributed by atoms with E-state index in [-0.39, 0.29) is 10.5 Å². The van der Waals surface area contributed by atoms with E-state index in [4.69, 9.17) is 5.26 Å². The Morgan fingerprint density at radius 3 is 2.73 bits per heavy atom. The van der Waals surface area contributed by atoms with Crippen LogP contribution in [0.1, 0.15) is 11.1 Å². The molecule has 0 heterocycles. The highest BCUT2D eigenvalue weighted by Crippen LogP contribution is 2.19. The van der Waals surface area contributed by atoms with Crippen LogP contribution >= 0.6 is 12.6 Å². The molecule has 0 saturated carbocycles. The van der Waals surface area contributed by atoms with Crippen molar-refractivity contribution in [2.45, 2.75) is 11.8 Å². The summed E-state index contributed by atoms with van der Waals surface area (Å²) in [6.07, 6.45) is 0. The fourth-order valence-electron chi connectivity index (χ4n) is 0.747. The van der Waals surface area contributed by atoms with Crippen LogP contribution in [0.3, 0.4) is 0 Å². The van der Waals surface area contributed by atoms with Gasteiger partial charge in [0.05, 0.1) is 5.56 Å². The van der Waals surface area contributed by atoms with Crippen molar-refractivity contribution in [2.24, 2.45) is 0 Å². The Kier molecular flexibility index (Phi) is 2.16. The largest absolute Gasteiger partial charge is 0.204 e. The molecule has 1 nitrogen and oxygen atoms in total. The standard InChI is InChI=1S/C8H6FNS/c1-5-2-3-6(4-10)7(9)8(5)11/h2-3,11H,1H3. The summed E-state index contributed by atoms with van der Waals surface area (Å²) in [6, 6.07) is 4.86. The van der Waals surface area contributed by atoms with E-state index in [0.29, 0.717) is 0 Å². The third kappa shape index (κ3) is 1.36. The van der Waals surface area contributed by atoms with Gasteiger partial charge in [0.25, 0.3) is 0 Å². The first kappa shape index (κ1) is 8.09. The molecule has 1 rings (SSSR count). The third-order valence-corrected chi connectivity index (χ3v) is 1.99. The molecule has 0 bridgehead atoms. The molecule has 0 aliphatic heterocycles. The molecule has 0 fully saturated rings. The highest BCUT2D eigenvalue weighted by atomic mass is 32.1. The summed E-state index contributed by atoms with van der Waals surface area (Å²) < 4.78 is 13.0. The first-order valence-electron chi connectivity index (χ1n) is 3.05. The molecule has 3 heteroatoms. The topological polar surface area (TPSA) is 23.8 Å². The van der Waals surface area contributed by atoms with Crippen molar-refractivity contribution >= 4 is 12.6 Å². The number of thiol groups is 1. The highest BCUT2D eigenvalue weighted by molar-refractivity contribution is 7.80. The lowest BCUT2D eigenvalue weighted by Crippen LogP contribution is -1.88. The number of benzene rings is 1. The van der Waals surface area contributed by atoms with Gasteiger partial charge in [0.15, 0.2) is 5.82 Å². The Morgan fingerprint density at radius 2 is 2.18 bits per heavy atom. The summed E-state index contributed by atoms with van der Waals surface area (Å²) in [5.41, 5.74) is 0.783.